The Bertz CT molecular complexity index is 99.1. The predicted molar refractivity (Wildman–Crippen MR) is 35.3 cm³/mol. The molecule has 1 heterocycles. The third kappa shape index (κ3) is 1.66. The summed E-state index contributed by atoms with van der Waals surface area (Å²) in [5.41, 5.74) is 0.00734. The molecule has 1 fully saturated rings. The second-order valence-corrected chi connectivity index (χ2v) is 3.22. The zero-order valence-electron chi connectivity index (χ0n) is 6.05. The van der Waals surface area contributed by atoms with Crippen molar-refractivity contribution in [1.29, 1.82) is 0 Å². The van der Waals surface area contributed by atoms with Crippen molar-refractivity contribution in [3.8, 4) is 0 Å². The van der Waals surface area contributed by atoms with Crippen molar-refractivity contribution in [2.45, 2.75) is 38.4 Å². The van der Waals surface area contributed by atoms with Crippen molar-refractivity contribution in [2.24, 2.45) is 0 Å². The number of aliphatic hydroxyl groups is 1. The molecule has 1 aliphatic heterocycles. The van der Waals surface area contributed by atoms with Crippen molar-refractivity contribution in [1.82, 2.24) is 0 Å². The van der Waals surface area contributed by atoms with E-state index in [1.54, 1.807) is 0 Å². The Morgan fingerprint density at radius 1 is 1.67 bits per heavy atom. The molecule has 0 radical (unpaired) electrons. The van der Waals surface area contributed by atoms with E-state index in [9.17, 15) is 0 Å². The average molecular weight is 130 g/mol. The summed E-state index contributed by atoms with van der Waals surface area (Å²) in [5.74, 6) is 0. The van der Waals surface area contributed by atoms with Crippen LogP contribution in [0.5, 0.6) is 0 Å². The van der Waals surface area contributed by atoms with Crippen LogP contribution in [-0.4, -0.2) is 23.4 Å². The molecule has 0 aromatic heterocycles. The van der Waals surface area contributed by atoms with Gasteiger partial charge < -0.3 is 9.84 Å². The largest absolute Gasteiger partial charge is 0.394 e. The summed E-state index contributed by atoms with van der Waals surface area (Å²) in [4.78, 5) is 0. The van der Waals surface area contributed by atoms with Crippen LogP contribution >= 0.6 is 0 Å². The zero-order chi connectivity index (χ0) is 6.91. The lowest BCUT2D eigenvalue weighted by molar-refractivity contribution is -0.0370. The molecule has 0 aromatic carbocycles. The summed E-state index contributed by atoms with van der Waals surface area (Å²) in [7, 11) is 0. The maximum atomic E-state index is 8.67. The minimum atomic E-state index is 0.00734. The van der Waals surface area contributed by atoms with Crippen molar-refractivity contribution >= 4 is 0 Å². The molecule has 9 heavy (non-hydrogen) atoms. The first-order valence-electron chi connectivity index (χ1n) is 3.43. The molecule has 0 aliphatic carbocycles. The van der Waals surface area contributed by atoms with Crippen LogP contribution in [0.2, 0.25) is 0 Å². The van der Waals surface area contributed by atoms with E-state index < -0.39 is 0 Å². The molecule has 0 amide bonds. The van der Waals surface area contributed by atoms with Crippen molar-refractivity contribution in [3.63, 3.8) is 0 Å². The Kier molecular flexibility index (Phi) is 1.78. The van der Waals surface area contributed by atoms with Gasteiger partial charge in [-0.2, -0.15) is 0 Å². The smallest absolute Gasteiger partial charge is 0.0814 e. The standard InChI is InChI=1S/C7H14O2/c1-7(2)4-3-6(5-8)9-7/h6,8H,3-5H2,1-2H3/t6-/m1/s1. The van der Waals surface area contributed by atoms with Gasteiger partial charge in [-0.25, -0.2) is 0 Å². The first-order chi connectivity index (χ1) is 4.14. The maximum absolute atomic E-state index is 8.67. The summed E-state index contributed by atoms with van der Waals surface area (Å²) >= 11 is 0. The lowest BCUT2D eigenvalue weighted by Gasteiger charge is -2.17. The van der Waals surface area contributed by atoms with E-state index in [-0.39, 0.29) is 18.3 Å². The van der Waals surface area contributed by atoms with Gasteiger partial charge in [0.1, 0.15) is 0 Å². The Hall–Kier alpha value is -0.0800. The topological polar surface area (TPSA) is 29.5 Å². The van der Waals surface area contributed by atoms with Crippen molar-refractivity contribution in [2.75, 3.05) is 6.61 Å². The van der Waals surface area contributed by atoms with Crippen molar-refractivity contribution in [3.05, 3.63) is 0 Å². The van der Waals surface area contributed by atoms with E-state index in [0.717, 1.165) is 12.8 Å². The van der Waals surface area contributed by atoms with Crippen LogP contribution in [0.15, 0.2) is 0 Å². The summed E-state index contributed by atoms with van der Waals surface area (Å²) in [5, 5.41) is 8.67. The summed E-state index contributed by atoms with van der Waals surface area (Å²) in [6, 6.07) is 0. The molecule has 0 spiro atoms. The first-order valence-corrected chi connectivity index (χ1v) is 3.43. The third-order valence-corrected chi connectivity index (χ3v) is 1.76. The number of hydrogen-bond acceptors (Lipinski definition) is 2. The van der Waals surface area contributed by atoms with Crippen LogP contribution in [0.3, 0.4) is 0 Å². The highest BCUT2D eigenvalue weighted by Gasteiger charge is 2.30. The van der Waals surface area contributed by atoms with E-state index in [2.05, 4.69) is 13.8 Å². The number of aliphatic hydroxyl groups excluding tert-OH is 1. The molecule has 54 valence electrons. The Balaban J connectivity index is 2.38. The molecular weight excluding hydrogens is 116 g/mol. The van der Waals surface area contributed by atoms with E-state index in [4.69, 9.17) is 9.84 Å². The minimum absolute atomic E-state index is 0.00734. The normalized spacial score (nSPS) is 33.0. The Labute approximate surface area is 55.8 Å². The van der Waals surface area contributed by atoms with Gasteiger partial charge in [0.05, 0.1) is 18.3 Å². The lowest BCUT2D eigenvalue weighted by Crippen LogP contribution is -2.21. The van der Waals surface area contributed by atoms with Gasteiger partial charge in [-0.05, 0) is 26.7 Å². The Morgan fingerprint density at radius 2 is 2.33 bits per heavy atom. The van der Waals surface area contributed by atoms with Gasteiger partial charge in [-0.3, -0.25) is 0 Å². The summed E-state index contributed by atoms with van der Waals surface area (Å²) in [6.07, 6.45) is 2.17. The average Bonchev–Trinajstić information content (AvgIpc) is 2.10. The molecule has 1 atom stereocenters. The fourth-order valence-electron chi connectivity index (χ4n) is 1.21. The van der Waals surface area contributed by atoms with Crippen LogP contribution in [0.1, 0.15) is 26.7 Å². The fraction of sp³-hybridized carbons (Fsp3) is 1.00. The molecule has 1 saturated heterocycles. The highest BCUT2D eigenvalue weighted by Crippen LogP contribution is 2.28. The van der Waals surface area contributed by atoms with E-state index in [0.29, 0.717) is 0 Å². The molecule has 1 rings (SSSR count). The van der Waals surface area contributed by atoms with Crippen LogP contribution in [0.25, 0.3) is 0 Å². The molecule has 0 bridgehead atoms. The Morgan fingerprint density at radius 3 is 2.56 bits per heavy atom. The molecule has 0 saturated carbocycles. The maximum Gasteiger partial charge on any atom is 0.0814 e. The van der Waals surface area contributed by atoms with Gasteiger partial charge in [-0.15, -0.1) is 0 Å². The third-order valence-electron chi connectivity index (χ3n) is 1.76. The van der Waals surface area contributed by atoms with E-state index in [1.165, 1.54) is 0 Å². The monoisotopic (exact) mass is 130 g/mol. The molecule has 0 unspecified atom stereocenters. The van der Waals surface area contributed by atoms with Gasteiger partial charge in [0.15, 0.2) is 0 Å². The second-order valence-electron chi connectivity index (χ2n) is 3.22. The molecule has 2 heteroatoms. The molecule has 1 N–H and O–H groups in total. The number of ether oxygens (including phenoxy) is 1. The predicted octanol–water partition coefficient (Wildman–Crippen LogP) is 0.936. The van der Waals surface area contributed by atoms with Gasteiger partial charge in [-0.1, -0.05) is 0 Å². The van der Waals surface area contributed by atoms with Crippen LogP contribution in [-0.2, 0) is 4.74 Å². The first kappa shape index (κ1) is 7.03. The molecule has 2 nitrogen and oxygen atoms in total. The van der Waals surface area contributed by atoms with Crippen LogP contribution in [0.4, 0.5) is 0 Å². The summed E-state index contributed by atoms with van der Waals surface area (Å²) < 4.78 is 5.45. The van der Waals surface area contributed by atoms with Crippen LogP contribution in [0, 0.1) is 0 Å². The van der Waals surface area contributed by atoms with E-state index >= 15 is 0 Å². The van der Waals surface area contributed by atoms with Gasteiger partial charge >= 0.3 is 0 Å². The highest BCUT2D eigenvalue weighted by molar-refractivity contribution is 4.79. The van der Waals surface area contributed by atoms with E-state index in [1.807, 2.05) is 0 Å². The fourth-order valence-corrected chi connectivity index (χ4v) is 1.21. The summed E-state index contributed by atoms with van der Waals surface area (Å²) in [6.45, 7) is 4.29. The van der Waals surface area contributed by atoms with Gasteiger partial charge in [0.25, 0.3) is 0 Å². The molecule has 0 aromatic rings. The van der Waals surface area contributed by atoms with Crippen molar-refractivity contribution < 1.29 is 9.84 Å². The van der Waals surface area contributed by atoms with Gasteiger partial charge in [0.2, 0.25) is 0 Å². The number of rotatable bonds is 1. The zero-order valence-corrected chi connectivity index (χ0v) is 6.05. The highest BCUT2D eigenvalue weighted by atomic mass is 16.5. The second kappa shape index (κ2) is 2.27. The quantitative estimate of drug-likeness (QED) is 0.572. The number of hydrogen-bond donors (Lipinski definition) is 1. The van der Waals surface area contributed by atoms with Crippen LogP contribution < -0.4 is 0 Å². The lowest BCUT2D eigenvalue weighted by atomic mass is 10.1. The SMILES string of the molecule is CC1(C)CC[C@H](CO)O1. The minimum Gasteiger partial charge on any atom is -0.394 e. The molecular formula is C7H14O2. The molecule has 1 aliphatic rings. The van der Waals surface area contributed by atoms with Gasteiger partial charge in [0, 0.05) is 0 Å².